The summed E-state index contributed by atoms with van der Waals surface area (Å²) in [5, 5.41) is 2.92. The van der Waals surface area contributed by atoms with Crippen molar-refractivity contribution in [2.45, 2.75) is 39.5 Å². The monoisotopic (exact) mass is 217 g/mol. The molecule has 1 amide bonds. The average Bonchev–Trinajstić information content (AvgIpc) is 2.27. The van der Waals surface area contributed by atoms with Gasteiger partial charge in [0, 0.05) is 12.1 Å². The zero-order chi connectivity index (χ0) is 11.7. The number of hydrogen-bond donors (Lipinski definition) is 1. The van der Waals surface area contributed by atoms with Crippen LogP contribution in [-0.4, -0.2) is 5.91 Å². The molecular formula is C14H19NO. The van der Waals surface area contributed by atoms with Crippen molar-refractivity contribution in [1.82, 2.24) is 0 Å². The zero-order valence-electron chi connectivity index (χ0n) is 10.2. The third kappa shape index (κ3) is 2.11. The molecule has 2 rings (SSSR count). The maximum Gasteiger partial charge on any atom is 0.224 e. The van der Waals surface area contributed by atoms with Crippen LogP contribution in [0.15, 0.2) is 18.2 Å². The predicted octanol–water partition coefficient (Wildman–Crippen LogP) is 3.33. The molecule has 1 aliphatic rings. The maximum absolute atomic E-state index is 11.2. The molecule has 0 aromatic heterocycles. The van der Waals surface area contributed by atoms with Crippen molar-refractivity contribution in [3.63, 3.8) is 0 Å². The van der Waals surface area contributed by atoms with Gasteiger partial charge < -0.3 is 5.32 Å². The molecule has 1 N–H and O–H groups in total. The van der Waals surface area contributed by atoms with Gasteiger partial charge in [0.05, 0.1) is 0 Å². The minimum absolute atomic E-state index is 0.136. The molecule has 0 bridgehead atoms. The van der Waals surface area contributed by atoms with Gasteiger partial charge in [0.15, 0.2) is 0 Å². The molecule has 1 aromatic carbocycles. The third-order valence-corrected chi connectivity index (χ3v) is 3.55. The Kier molecular flexibility index (Phi) is 2.99. The Morgan fingerprint density at radius 1 is 1.19 bits per heavy atom. The SMILES string of the molecule is CC(C)[C@H](C)c1ccc2c(c1)CCC(=O)N2. The van der Waals surface area contributed by atoms with Crippen LogP contribution in [-0.2, 0) is 11.2 Å². The Morgan fingerprint density at radius 3 is 2.62 bits per heavy atom. The van der Waals surface area contributed by atoms with Gasteiger partial charge in [-0.3, -0.25) is 4.79 Å². The summed E-state index contributed by atoms with van der Waals surface area (Å²) < 4.78 is 0. The van der Waals surface area contributed by atoms with Crippen LogP contribution in [0.1, 0.15) is 44.2 Å². The highest BCUT2D eigenvalue weighted by Crippen LogP contribution is 2.29. The van der Waals surface area contributed by atoms with Crippen LogP contribution in [0.3, 0.4) is 0 Å². The van der Waals surface area contributed by atoms with Crippen LogP contribution >= 0.6 is 0 Å². The van der Waals surface area contributed by atoms with Crippen LogP contribution in [0.25, 0.3) is 0 Å². The Labute approximate surface area is 97.1 Å². The number of benzene rings is 1. The summed E-state index contributed by atoms with van der Waals surface area (Å²) in [5.41, 5.74) is 3.66. The van der Waals surface area contributed by atoms with Gasteiger partial charge in [-0.05, 0) is 35.4 Å². The van der Waals surface area contributed by atoms with E-state index in [2.05, 4.69) is 38.2 Å². The molecule has 16 heavy (non-hydrogen) atoms. The van der Waals surface area contributed by atoms with Crippen LogP contribution in [0.2, 0.25) is 0 Å². The van der Waals surface area contributed by atoms with E-state index < -0.39 is 0 Å². The first-order valence-corrected chi connectivity index (χ1v) is 6.00. The second-order valence-electron chi connectivity index (χ2n) is 5.00. The van der Waals surface area contributed by atoms with Gasteiger partial charge in [-0.2, -0.15) is 0 Å². The molecule has 1 heterocycles. The van der Waals surface area contributed by atoms with Crippen LogP contribution in [0.5, 0.6) is 0 Å². The number of anilines is 1. The highest BCUT2D eigenvalue weighted by Gasteiger charge is 2.17. The van der Waals surface area contributed by atoms with E-state index in [-0.39, 0.29) is 5.91 Å². The van der Waals surface area contributed by atoms with Crippen LogP contribution < -0.4 is 5.32 Å². The first-order chi connectivity index (χ1) is 7.58. The van der Waals surface area contributed by atoms with Crippen molar-refractivity contribution in [1.29, 1.82) is 0 Å². The normalized spacial score (nSPS) is 16.9. The molecule has 2 heteroatoms. The second kappa shape index (κ2) is 4.28. The molecule has 0 unspecified atom stereocenters. The standard InChI is InChI=1S/C14H19NO/c1-9(2)10(3)11-4-6-13-12(8-11)5-7-14(16)15-13/h4,6,8-10H,5,7H2,1-3H3,(H,15,16)/t10-/m0/s1. The Hall–Kier alpha value is -1.31. The molecule has 1 atom stereocenters. The van der Waals surface area contributed by atoms with E-state index in [0.717, 1.165) is 12.1 Å². The molecule has 0 radical (unpaired) electrons. The average molecular weight is 217 g/mol. The molecule has 0 saturated heterocycles. The molecule has 0 spiro atoms. The number of rotatable bonds is 2. The number of amides is 1. The van der Waals surface area contributed by atoms with E-state index in [1.54, 1.807) is 0 Å². The summed E-state index contributed by atoms with van der Waals surface area (Å²) in [6, 6.07) is 6.43. The lowest BCUT2D eigenvalue weighted by atomic mass is 9.88. The lowest BCUT2D eigenvalue weighted by Gasteiger charge is -2.21. The lowest BCUT2D eigenvalue weighted by Crippen LogP contribution is -2.19. The third-order valence-electron chi connectivity index (χ3n) is 3.55. The van der Waals surface area contributed by atoms with Gasteiger partial charge in [0.25, 0.3) is 0 Å². The van der Waals surface area contributed by atoms with Gasteiger partial charge in [-0.1, -0.05) is 32.9 Å². The van der Waals surface area contributed by atoms with Crippen LogP contribution in [0, 0.1) is 5.92 Å². The van der Waals surface area contributed by atoms with Crippen molar-refractivity contribution >= 4 is 11.6 Å². The maximum atomic E-state index is 11.2. The number of carbonyl (C=O) groups is 1. The highest BCUT2D eigenvalue weighted by molar-refractivity contribution is 5.93. The number of fused-ring (bicyclic) bond motifs is 1. The number of carbonyl (C=O) groups excluding carboxylic acids is 1. The summed E-state index contributed by atoms with van der Waals surface area (Å²) in [6.07, 6.45) is 1.49. The highest BCUT2D eigenvalue weighted by atomic mass is 16.1. The smallest absolute Gasteiger partial charge is 0.224 e. The minimum Gasteiger partial charge on any atom is -0.326 e. The zero-order valence-corrected chi connectivity index (χ0v) is 10.2. The second-order valence-corrected chi connectivity index (χ2v) is 5.00. The van der Waals surface area contributed by atoms with Crippen molar-refractivity contribution in [3.05, 3.63) is 29.3 Å². The van der Waals surface area contributed by atoms with Gasteiger partial charge in [0.2, 0.25) is 5.91 Å². The Bertz CT molecular complexity index is 409. The van der Waals surface area contributed by atoms with Crippen molar-refractivity contribution in [2.24, 2.45) is 5.92 Å². The van der Waals surface area contributed by atoms with Crippen LogP contribution in [0.4, 0.5) is 5.69 Å². The first kappa shape index (κ1) is 11.2. The van der Waals surface area contributed by atoms with E-state index in [1.807, 2.05) is 6.07 Å². The summed E-state index contributed by atoms with van der Waals surface area (Å²) in [5.74, 6) is 1.36. The number of nitrogens with one attached hydrogen (secondary N) is 1. The fourth-order valence-corrected chi connectivity index (χ4v) is 2.07. The molecule has 1 aliphatic heterocycles. The van der Waals surface area contributed by atoms with E-state index in [1.165, 1.54) is 11.1 Å². The predicted molar refractivity (Wildman–Crippen MR) is 66.6 cm³/mol. The Morgan fingerprint density at radius 2 is 1.94 bits per heavy atom. The van der Waals surface area contributed by atoms with Gasteiger partial charge in [-0.25, -0.2) is 0 Å². The lowest BCUT2D eigenvalue weighted by molar-refractivity contribution is -0.116. The number of hydrogen-bond acceptors (Lipinski definition) is 1. The Balaban J connectivity index is 2.29. The first-order valence-electron chi connectivity index (χ1n) is 6.00. The summed E-state index contributed by atoms with van der Waals surface area (Å²) in [6.45, 7) is 6.74. The minimum atomic E-state index is 0.136. The van der Waals surface area contributed by atoms with Gasteiger partial charge >= 0.3 is 0 Å². The van der Waals surface area contributed by atoms with E-state index in [4.69, 9.17) is 0 Å². The van der Waals surface area contributed by atoms with Crippen molar-refractivity contribution in [3.8, 4) is 0 Å². The molecule has 0 fully saturated rings. The van der Waals surface area contributed by atoms with E-state index >= 15 is 0 Å². The quantitative estimate of drug-likeness (QED) is 0.808. The van der Waals surface area contributed by atoms with Gasteiger partial charge in [-0.15, -0.1) is 0 Å². The van der Waals surface area contributed by atoms with Crippen molar-refractivity contribution < 1.29 is 4.79 Å². The van der Waals surface area contributed by atoms with Gasteiger partial charge in [0.1, 0.15) is 0 Å². The summed E-state index contributed by atoms with van der Waals surface area (Å²) in [4.78, 5) is 11.2. The largest absolute Gasteiger partial charge is 0.326 e. The van der Waals surface area contributed by atoms with E-state index in [9.17, 15) is 4.79 Å². The molecular weight excluding hydrogens is 198 g/mol. The molecule has 0 saturated carbocycles. The topological polar surface area (TPSA) is 29.1 Å². The molecule has 86 valence electrons. The molecule has 2 nitrogen and oxygen atoms in total. The van der Waals surface area contributed by atoms with Crippen molar-refractivity contribution in [2.75, 3.05) is 5.32 Å². The van der Waals surface area contributed by atoms with E-state index in [0.29, 0.717) is 18.3 Å². The molecule has 0 aliphatic carbocycles. The summed E-state index contributed by atoms with van der Waals surface area (Å²) in [7, 11) is 0. The fraction of sp³-hybridized carbons (Fsp3) is 0.500. The molecule has 1 aromatic rings. The number of aryl methyl sites for hydroxylation is 1. The fourth-order valence-electron chi connectivity index (χ4n) is 2.07. The summed E-state index contributed by atoms with van der Waals surface area (Å²) >= 11 is 0.